The first kappa shape index (κ1) is 15.6. The number of nitrogens with two attached hydrogens (primary N) is 1. The predicted molar refractivity (Wildman–Crippen MR) is 83.8 cm³/mol. The molecule has 1 aromatic heterocycles. The molecule has 3 N–H and O–H groups in total. The number of Topliss-reactive ketones (excluding diaryl/α,β-unsaturated/α-hetero) is 1. The van der Waals surface area contributed by atoms with E-state index >= 15 is 0 Å². The summed E-state index contributed by atoms with van der Waals surface area (Å²) in [6.07, 6.45) is 4.05. The van der Waals surface area contributed by atoms with Crippen LogP contribution in [0.2, 0.25) is 5.28 Å². The predicted octanol–water partition coefficient (Wildman–Crippen LogP) is 1.38. The number of carbonyl (C=O) groups is 1. The lowest BCUT2D eigenvalue weighted by Crippen LogP contribution is -2.60. The molecular weight excluding hydrogens is 304 g/mol. The van der Waals surface area contributed by atoms with Crippen molar-refractivity contribution < 1.29 is 9.90 Å². The average molecular weight is 325 g/mol. The molecule has 120 valence electrons. The Morgan fingerprint density at radius 2 is 2.27 bits per heavy atom. The molecule has 3 unspecified atom stereocenters. The van der Waals surface area contributed by atoms with Gasteiger partial charge in [-0.05, 0) is 44.2 Å². The number of hydrogen-bond donors (Lipinski definition) is 2. The maximum absolute atomic E-state index is 12.9. The number of fused-ring (bicyclic) bond motifs is 1. The Hall–Kier alpha value is -1.24. The van der Waals surface area contributed by atoms with Crippen LogP contribution in [0.15, 0.2) is 6.20 Å². The van der Waals surface area contributed by atoms with Crippen molar-refractivity contribution in [2.24, 2.45) is 5.73 Å². The molecule has 1 fully saturated rings. The first-order valence-corrected chi connectivity index (χ1v) is 8.06. The summed E-state index contributed by atoms with van der Waals surface area (Å²) in [6, 6.07) is -0.270. The van der Waals surface area contributed by atoms with Crippen molar-refractivity contribution in [3.8, 4) is 0 Å². The Balaban J connectivity index is 2.14. The topological polar surface area (TPSA) is 92.3 Å². The zero-order valence-corrected chi connectivity index (χ0v) is 13.5. The zero-order chi connectivity index (χ0) is 16.1. The normalized spacial score (nSPS) is 34.9. The molecule has 1 aliphatic carbocycles. The molecule has 0 saturated heterocycles. The van der Waals surface area contributed by atoms with Gasteiger partial charge in [-0.1, -0.05) is 6.92 Å². The van der Waals surface area contributed by atoms with Gasteiger partial charge in [-0.2, -0.15) is 0 Å². The first-order valence-electron chi connectivity index (χ1n) is 7.68. The van der Waals surface area contributed by atoms with Gasteiger partial charge >= 0.3 is 0 Å². The van der Waals surface area contributed by atoms with Crippen molar-refractivity contribution >= 4 is 23.2 Å². The van der Waals surface area contributed by atoms with Crippen LogP contribution < -0.4 is 10.6 Å². The molecule has 0 bridgehead atoms. The van der Waals surface area contributed by atoms with Crippen LogP contribution in [0.4, 0.5) is 5.82 Å². The smallest absolute Gasteiger partial charge is 0.224 e. The van der Waals surface area contributed by atoms with E-state index in [0.717, 1.165) is 12.8 Å². The summed E-state index contributed by atoms with van der Waals surface area (Å²) in [4.78, 5) is 23.2. The van der Waals surface area contributed by atoms with Gasteiger partial charge in [-0.3, -0.25) is 4.79 Å². The fraction of sp³-hybridized carbons (Fsp3) is 0.667. The maximum Gasteiger partial charge on any atom is 0.224 e. The first-order chi connectivity index (χ1) is 10.4. The van der Waals surface area contributed by atoms with Crippen molar-refractivity contribution in [3.05, 3.63) is 17.0 Å². The summed E-state index contributed by atoms with van der Waals surface area (Å²) in [5.74, 6) is 0.602. The molecule has 0 spiro atoms. The zero-order valence-electron chi connectivity index (χ0n) is 12.8. The summed E-state index contributed by atoms with van der Waals surface area (Å²) in [5.41, 5.74) is 5.78. The molecule has 0 aromatic carbocycles. The van der Waals surface area contributed by atoms with Gasteiger partial charge in [0.1, 0.15) is 11.4 Å². The molecule has 6 nitrogen and oxygen atoms in total. The highest BCUT2D eigenvalue weighted by molar-refractivity contribution is 6.28. The lowest BCUT2D eigenvalue weighted by Gasteiger charge is -2.45. The highest BCUT2D eigenvalue weighted by Gasteiger charge is 2.49. The molecule has 0 amide bonds. The number of nitrogens with zero attached hydrogens (tertiary/aromatic N) is 3. The number of rotatable bonds is 2. The molecule has 1 aliphatic heterocycles. The largest absolute Gasteiger partial charge is 0.393 e. The number of aliphatic hydroxyl groups is 1. The lowest BCUT2D eigenvalue weighted by molar-refractivity contribution is -0.126. The number of aliphatic hydroxyl groups excluding tert-OH is 1. The summed E-state index contributed by atoms with van der Waals surface area (Å²) in [5, 5.41) is 10.0. The number of carbonyl (C=O) groups excluding carboxylic acids is 1. The van der Waals surface area contributed by atoms with Gasteiger partial charge < -0.3 is 15.7 Å². The van der Waals surface area contributed by atoms with E-state index in [2.05, 4.69) is 9.97 Å². The Bertz CT molecular complexity index is 607. The molecule has 2 aliphatic rings. The fourth-order valence-corrected chi connectivity index (χ4v) is 3.79. The number of ketones is 1. The molecule has 22 heavy (non-hydrogen) atoms. The molecule has 4 atom stereocenters. The van der Waals surface area contributed by atoms with Crippen molar-refractivity contribution in [2.45, 2.75) is 63.3 Å². The van der Waals surface area contributed by atoms with E-state index in [1.165, 1.54) is 0 Å². The molecular formula is C15H21ClN4O2. The van der Waals surface area contributed by atoms with Crippen LogP contribution in [0, 0.1) is 0 Å². The van der Waals surface area contributed by atoms with E-state index in [0.29, 0.717) is 24.2 Å². The van der Waals surface area contributed by atoms with Crippen molar-refractivity contribution in [1.82, 2.24) is 9.97 Å². The third-order valence-electron chi connectivity index (χ3n) is 4.85. The second-order valence-electron chi connectivity index (χ2n) is 6.39. The highest BCUT2D eigenvalue weighted by Crippen LogP contribution is 2.41. The van der Waals surface area contributed by atoms with Crippen molar-refractivity contribution in [2.75, 3.05) is 4.90 Å². The number of halogens is 1. The summed E-state index contributed by atoms with van der Waals surface area (Å²) < 4.78 is 0. The van der Waals surface area contributed by atoms with E-state index in [4.69, 9.17) is 17.3 Å². The van der Waals surface area contributed by atoms with Crippen LogP contribution in [0.25, 0.3) is 0 Å². The number of hydrogen-bond acceptors (Lipinski definition) is 6. The fourth-order valence-electron chi connectivity index (χ4n) is 3.66. The Morgan fingerprint density at radius 1 is 1.55 bits per heavy atom. The van der Waals surface area contributed by atoms with Crippen LogP contribution in [-0.2, 0) is 10.3 Å². The van der Waals surface area contributed by atoms with Crippen LogP contribution >= 0.6 is 11.6 Å². The third kappa shape index (κ3) is 2.30. The molecule has 1 saturated carbocycles. The minimum Gasteiger partial charge on any atom is -0.393 e. The maximum atomic E-state index is 12.9. The van der Waals surface area contributed by atoms with E-state index in [1.807, 2.05) is 11.8 Å². The second kappa shape index (κ2) is 5.44. The Morgan fingerprint density at radius 3 is 2.86 bits per heavy atom. The summed E-state index contributed by atoms with van der Waals surface area (Å²) in [7, 11) is 0. The summed E-state index contributed by atoms with van der Waals surface area (Å²) >= 11 is 5.97. The molecule has 2 heterocycles. The van der Waals surface area contributed by atoms with E-state index in [-0.39, 0.29) is 29.3 Å². The van der Waals surface area contributed by atoms with Crippen molar-refractivity contribution in [3.63, 3.8) is 0 Å². The minimum atomic E-state index is -1.12. The number of anilines is 1. The van der Waals surface area contributed by atoms with Gasteiger partial charge in [0.2, 0.25) is 5.28 Å². The van der Waals surface area contributed by atoms with Crippen LogP contribution in [0.5, 0.6) is 0 Å². The second-order valence-corrected chi connectivity index (χ2v) is 6.73. The quantitative estimate of drug-likeness (QED) is 0.799. The SMILES string of the molecule is CC[C@@H]1C(=O)C(C)(N)c2cnc(Cl)nc2N1C1CCC(O)C1. The van der Waals surface area contributed by atoms with E-state index in [1.54, 1.807) is 13.1 Å². The molecule has 1 aromatic rings. The van der Waals surface area contributed by atoms with Crippen LogP contribution in [-0.4, -0.2) is 39.0 Å². The van der Waals surface area contributed by atoms with Gasteiger partial charge in [0.15, 0.2) is 5.78 Å². The van der Waals surface area contributed by atoms with Crippen LogP contribution in [0.3, 0.4) is 0 Å². The highest BCUT2D eigenvalue weighted by atomic mass is 35.5. The van der Waals surface area contributed by atoms with Gasteiger partial charge in [0.25, 0.3) is 0 Å². The molecule has 7 heteroatoms. The standard InChI is InChI=1S/C15H21ClN4O2/c1-3-11-12(22)15(2,17)10-7-18-14(16)19-13(10)20(11)8-4-5-9(21)6-8/h7-9,11,21H,3-6,17H2,1-2H3/t8?,9?,11-,15?/m1/s1. The number of aromatic nitrogens is 2. The Labute approximate surface area is 134 Å². The third-order valence-corrected chi connectivity index (χ3v) is 5.03. The van der Waals surface area contributed by atoms with E-state index < -0.39 is 5.54 Å². The molecule has 0 radical (unpaired) electrons. The van der Waals surface area contributed by atoms with Crippen molar-refractivity contribution in [1.29, 1.82) is 0 Å². The lowest BCUT2D eigenvalue weighted by atomic mass is 9.80. The van der Waals surface area contributed by atoms with Gasteiger partial charge in [-0.15, -0.1) is 0 Å². The van der Waals surface area contributed by atoms with Crippen LogP contribution in [0.1, 0.15) is 45.1 Å². The van der Waals surface area contributed by atoms with Gasteiger partial charge in [0, 0.05) is 17.8 Å². The van der Waals surface area contributed by atoms with E-state index in [9.17, 15) is 9.90 Å². The minimum absolute atomic E-state index is 0.0326. The molecule has 3 rings (SSSR count). The Kier molecular flexibility index (Phi) is 3.87. The van der Waals surface area contributed by atoms with Gasteiger partial charge in [0.05, 0.1) is 12.1 Å². The van der Waals surface area contributed by atoms with Gasteiger partial charge in [-0.25, -0.2) is 9.97 Å². The monoisotopic (exact) mass is 324 g/mol. The summed E-state index contributed by atoms with van der Waals surface area (Å²) in [6.45, 7) is 3.67. The average Bonchev–Trinajstić information content (AvgIpc) is 2.88.